The second-order valence-electron chi connectivity index (χ2n) is 8.67. The fraction of sp³-hybridized carbons (Fsp3) is 0.522. The highest BCUT2D eigenvalue weighted by atomic mass is 16.5. The molecule has 29 heavy (non-hydrogen) atoms. The standard InChI is InChI=1S/C23H28N2O4/c1-4-23(3)18-10-11-25(15-22(18,2)12-17(13-24)19(23)26)20(27)21(28)29-14-16-8-6-5-7-9-16/h5-9,18,26H,4,10-12,14-15H2,1-3H3/t18-,22-,23-/m0/s1. The summed E-state index contributed by atoms with van der Waals surface area (Å²) in [4.78, 5) is 26.6. The van der Waals surface area contributed by atoms with Crippen molar-refractivity contribution in [2.75, 3.05) is 13.1 Å². The molecule has 2 aliphatic rings. The summed E-state index contributed by atoms with van der Waals surface area (Å²) in [5, 5.41) is 20.2. The number of hydrogen-bond acceptors (Lipinski definition) is 5. The molecule has 0 saturated carbocycles. The Morgan fingerprint density at radius 1 is 1.31 bits per heavy atom. The van der Waals surface area contributed by atoms with Gasteiger partial charge < -0.3 is 14.7 Å². The van der Waals surface area contributed by atoms with Gasteiger partial charge in [-0.3, -0.25) is 4.79 Å². The van der Waals surface area contributed by atoms with Crippen LogP contribution >= 0.6 is 0 Å². The maximum atomic E-state index is 12.7. The summed E-state index contributed by atoms with van der Waals surface area (Å²) in [5.74, 6) is -1.19. The van der Waals surface area contributed by atoms with Crippen molar-refractivity contribution in [3.05, 3.63) is 47.2 Å². The van der Waals surface area contributed by atoms with Crippen LogP contribution in [0, 0.1) is 28.1 Å². The summed E-state index contributed by atoms with van der Waals surface area (Å²) < 4.78 is 5.20. The van der Waals surface area contributed by atoms with E-state index in [9.17, 15) is 20.0 Å². The first-order valence-corrected chi connectivity index (χ1v) is 10.1. The topological polar surface area (TPSA) is 90.6 Å². The maximum absolute atomic E-state index is 12.7. The van der Waals surface area contributed by atoms with Crippen molar-refractivity contribution in [3.8, 4) is 6.07 Å². The van der Waals surface area contributed by atoms with Crippen LogP contribution in [0.5, 0.6) is 0 Å². The number of aliphatic hydroxyl groups excluding tert-OH is 1. The Morgan fingerprint density at radius 3 is 2.62 bits per heavy atom. The Balaban J connectivity index is 1.73. The van der Waals surface area contributed by atoms with Gasteiger partial charge in [-0.25, -0.2) is 4.79 Å². The summed E-state index contributed by atoms with van der Waals surface area (Å²) >= 11 is 0. The van der Waals surface area contributed by atoms with Gasteiger partial charge in [0, 0.05) is 18.5 Å². The van der Waals surface area contributed by atoms with Gasteiger partial charge in [-0.15, -0.1) is 0 Å². The van der Waals surface area contributed by atoms with Gasteiger partial charge in [0.2, 0.25) is 0 Å². The van der Waals surface area contributed by atoms with Crippen LogP contribution in [0.25, 0.3) is 0 Å². The second-order valence-corrected chi connectivity index (χ2v) is 8.67. The molecule has 0 spiro atoms. The van der Waals surface area contributed by atoms with Crippen LogP contribution in [0.2, 0.25) is 0 Å². The zero-order valence-corrected chi connectivity index (χ0v) is 17.3. The lowest BCUT2D eigenvalue weighted by Gasteiger charge is -2.55. The fourth-order valence-corrected chi connectivity index (χ4v) is 5.12. The Hall–Kier alpha value is -2.81. The number of rotatable bonds is 3. The minimum atomic E-state index is -0.858. The second kappa shape index (κ2) is 7.90. The van der Waals surface area contributed by atoms with Crippen LogP contribution in [0.3, 0.4) is 0 Å². The monoisotopic (exact) mass is 396 g/mol. The van der Waals surface area contributed by atoms with E-state index in [4.69, 9.17) is 4.74 Å². The molecule has 6 heteroatoms. The Kier molecular flexibility index (Phi) is 5.70. The normalized spacial score (nSPS) is 29.0. The molecular weight excluding hydrogens is 368 g/mol. The number of hydrogen-bond donors (Lipinski definition) is 1. The van der Waals surface area contributed by atoms with Gasteiger partial charge in [0.05, 0.1) is 11.6 Å². The molecule has 3 atom stereocenters. The van der Waals surface area contributed by atoms with E-state index in [0.29, 0.717) is 37.9 Å². The lowest BCUT2D eigenvalue weighted by Crippen LogP contribution is -2.57. The van der Waals surface area contributed by atoms with Gasteiger partial charge in [0.1, 0.15) is 12.4 Å². The number of esters is 1. The molecule has 0 radical (unpaired) electrons. The van der Waals surface area contributed by atoms with Crippen LogP contribution in [0.15, 0.2) is 41.7 Å². The number of allylic oxidation sites excluding steroid dienone is 2. The van der Waals surface area contributed by atoms with E-state index in [-0.39, 0.29) is 23.7 Å². The molecule has 1 aromatic carbocycles. The van der Waals surface area contributed by atoms with Crippen LogP contribution in [-0.2, 0) is 20.9 Å². The molecule has 0 aromatic heterocycles. The summed E-state index contributed by atoms with van der Waals surface area (Å²) in [6, 6.07) is 11.4. The number of amides is 1. The summed E-state index contributed by atoms with van der Waals surface area (Å²) in [6.45, 7) is 6.91. The van der Waals surface area contributed by atoms with E-state index in [0.717, 1.165) is 5.56 Å². The molecule has 1 N–H and O–H groups in total. The average molecular weight is 396 g/mol. The SMILES string of the molecule is CC[C@]1(C)C(O)=C(C#N)C[C@@]2(C)CN(C(=O)C(=O)OCc3ccccc3)CC[C@@H]21. The van der Waals surface area contributed by atoms with Crippen LogP contribution in [0.1, 0.15) is 45.6 Å². The number of nitrogens with zero attached hydrogens (tertiary/aromatic N) is 2. The lowest BCUT2D eigenvalue weighted by molar-refractivity contribution is -0.164. The van der Waals surface area contributed by atoms with Gasteiger partial charge >= 0.3 is 11.9 Å². The number of aliphatic hydroxyl groups is 1. The van der Waals surface area contributed by atoms with Gasteiger partial charge in [-0.1, -0.05) is 51.1 Å². The number of nitriles is 1. The van der Waals surface area contributed by atoms with E-state index in [2.05, 4.69) is 6.07 Å². The molecule has 154 valence electrons. The zero-order chi connectivity index (χ0) is 21.2. The van der Waals surface area contributed by atoms with E-state index >= 15 is 0 Å². The molecule has 1 heterocycles. The predicted molar refractivity (Wildman–Crippen MR) is 107 cm³/mol. The number of benzene rings is 1. The predicted octanol–water partition coefficient (Wildman–Crippen LogP) is 3.74. The van der Waals surface area contributed by atoms with Crippen molar-refractivity contribution >= 4 is 11.9 Å². The minimum absolute atomic E-state index is 0.0578. The third-order valence-corrected chi connectivity index (χ3v) is 6.80. The van der Waals surface area contributed by atoms with Gasteiger partial charge in [0.15, 0.2) is 0 Å². The third kappa shape index (κ3) is 3.74. The number of piperidine rings is 1. The highest BCUT2D eigenvalue weighted by Gasteiger charge is 2.55. The van der Waals surface area contributed by atoms with Crippen molar-refractivity contribution in [1.82, 2.24) is 4.90 Å². The van der Waals surface area contributed by atoms with E-state index < -0.39 is 17.3 Å². The summed E-state index contributed by atoms with van der Waals surface area (Å²) in [5.41, 5.74) is 0.329. The summed E-state index contributed by atoms with van der Waals surface area (Å²) in [6.07, 6.45) is 1.77. The number of likely N-dealkylation sites (tertiary alicyclic amines) is 1. The smallest absolute Gasteiger partial charge is 0.397 e. The molecule has 6 nitrogen and oxygen atoms in total. The molecular formula is C23H28N2O4. The maximum Gasteiger partial charge on any atom is 0.397 e. The molecule has 1 saturated heterocycles. The van der Waals surface area contributed by atoms with Crippen LogP contribution < -0.4 is 0 Å². The first-order valence-electron chi connectivity index (χ1n) is 10.1. The molecule has 1 aliphatic carbocycles. The Bertz CT molecular complexity index is 873. The highest BCUT2D eigenvalue weighted by Crippen LogP contribution is 2.57. The quantitative estimate of drug-likeness (QED) is 0.621. The molecule has 1 amide bonds. The minimum Gasteiger partial charge on any atom is -0.511 e. The number of fused-ring (bicyclic) bond motifs is 1. The summed E-state index contributed by atoms with van der Waals surface area (Å²) in [7, 11) is 0. The molecule has 1 aromatic rings. The van der Waals surface area contributed by atoms with Crippen molar-refractivity contribution in [1.29, 1.82) is 5.26 Å². The molecule has 0 unspecified atom stereocenters. The van der Waals surface area contributed by atoms with E-state index in [1.54, 1.807) is 0 Å². The Labute approximate surface area is 171 Å². The van der Waals surface area contributed by atoms with Gasteiger partial charge in [-0.05, 0) is 36.2 Å². The fourth-order valence-electron chi connectivity index (χ4n) is 5.12. The Morgan fingerprint density at radius 2 is 2.00 bits per heavy atom. The average Bonchev–Trinajstić information content (AvgIpc) is 2.74. The van der Waals surface area contributed by atoms with Crippen molar-refractivity contribution < 1.29 is 19.4 Å². The largest absolute Gasteiger partial charge is 0.511 e. The highest BCUT2D eigenvalue weighted by molar-refractivity contribution is 6.32. The zero-order valence-electron chi connectivity index (χ0n) is 17.3. The van der Waals surface area contributed by atoms with E-state index in [1.165, 1.54) is 4.90 Å². The number of ether oxygens (including phenoxy) is 1. The van der Waals surface area contributed by atoms with Gasteiger partial charge in [-0.2, -0.15) is 5.26 Å². The molecule has 1 aliphatic heterocycles. The number of carbonyl (C=O) groups excluding carboxylic acids is 2. The molecule has 0 bridgehead atoms. The van der Waals surface area contributed by atoms with Crippen LogP contribution in [-0.4, -0.2) is 35.0 Å². The van der Waals surface area contributed by atoms with Crippen molar-refractivity contribution in [3.63, 3.8) is 0 Å². The third-order valence-electron chi connectivity index (χ3n) is 6.80. The lowest BCUT2D eigenvalue weighted by atomic mass is 9.53. The molecule has 3 rings (SSSR count). The van der Waals surface area contributed by atoms with Gasteiger partial charge in [0.25, 0.3) is 0 Å². The number of carbonyl (C=O) groups is 2. The first-order chi connectivity index (χ1) is 13.7. The van der Waals surface area contributed by atoms with Crippen molar-refractivity contribution in [2.24, 2.45) is 16.7 Å². The first kappa shape index (κ1) is 20.9. The van der Waals surface area contributed by atoms with Crippen molar-refractivity contribution in [2.45, 2.75) is 46.6 Å². The van der Waals surface area contributed by atoms with Crippen LogP contribution in [0.4, 0.5) is 0 Å². The van der Waals surface area contributed by atoms with E-state index in [1.807, 2.05) is 51.1 Å². The molecule has 1 fully saturated rings.